The van der Waals surface area contributed by atoms with Gasteiger partial charge in [0.15, 0.2) is 0 Å². The van der Waals surface area contributed by atoms with Crippen molar-refractivity contribution >= 4 is 11.0 Å². The number of aromatic nitrogens is 3. The van der Waals surface area contributed by atoms with Gasteiger partial charge in [0.2, 0.25) is 0 Å². The van der Waals surface area contributed by atoms with Crippen LogP contribution in [0.3, 0.4) is 0 Å². The summed E-state index contributed by atoms with van der Waals surface area (Å²) in [4.78, 5) is 0.780. The summed E-state index contributed by atoms with van der Waals surface area (Å²) in [6.45, 7) is 1.93. The molecule has 0 unspecified atom stereocenters. The standard InChI is InChI=1S/C7H7N3O/c1-5-3-2-4-6-7(5)8-9-10(6)11/h2-4,11H,1H3. The van der Waals surface area contributed by atoms with Crippen LogP contribution in [0.5, 0.6) is 0 Å². The topological polar surface area (TPSA) is 50.9 Å². The largest absolute Gasteiger partial charge is 0.410 e. The molecule has 1 aromatic carbocycles. The van der Waals surface area contributed by atoms with Crippen molar-refractivity contribution in [2.24, 2.45) is 0 Å². The van der Waals surface area contributed by atoms with E-state index in [-0.39, 0.29) is 0 Å². The molecular formula is C7H7N3O. The highest BCUT2D eigenvalue weighted by atomic mass is 16.5. The average Bonchev–Trinajstić information content (AvgIpc) is 2.35. The van der Waals surface area contributed by atoms with E-state index in [1.54, 1.807) is 6.07 Å². The Morgan fingerprint density at radius 2 is 2.27 bits per heavy atom. The zero-order valence-electron chi connectivity index (χ0n) is 6.02. The summed E-state index contributed by atoms with van der Waals surface area (Å²) in [5, 5.41) is 16.3. The summed E-state index contributed by atoms with van der Waals surface area (Å²) in [6.07, 6.45) is 0. The molecule has 0 saturated carbocycles. The van der Waals surface area contributed by atoms with Crippen LogP contribution >= 0.6 is 0 Å². The Labute approximate surface area is 63.0 Å². The van der Waals surface area contributed by atoms with Crippen molar-refractivity contribution in [2.75, 3.05) is 0 Å². The molecule has 0 saturated heterocycles. The second-order valence-electron chi connectivity index (χ2n) is 2.42. The quantitative estimate of drug-likeness (QED) is 0.568. The molecule has 0 fully saturated rings. The minimum absolute atomic E-state index is 0.644. The van der Waals surface area contributed by atoms with E-state index in [1.165, 1.54) is 0 Å². The van der Waals surface area contributed by atoms with E-state index in [0.29, 0.717) is 5.52 Å². The van der Waals surface area contributed by atoms with Gasteiger partial charge in [-0.3, -0.25) is 0 Å². The Morgan fingerprint density at radius 3 is 3.00 bits per heavy atom. The van der Waals surface area contributed by atoms with E-state index in [0.717, 1.165) is 15.9 Å². The molecule has 0 amide bonds. The number of hydrogen-bond acceptors (Lipinski definition) is 3. The Kier molecular flexibility index (Phi) is 1.09. The van der Waals surface area contributed by atoms with Crippen LogP contribution in [-0.2, 0) is 0 Å². The summed E-state index contributed by atoms with van der Waals surface area (Å²) in [6, 6.07) is 5.55. The fraction of sp³-hybridized carbons (Fsp3) is 0.143. The monoisotopic (exact) mass is 149 g/mol. The summed E-state index contributed by atoms with van der Waals surface area (Å²) in [5.41, 5.74) is 2.41. The third-order valence-electron chi connectivity index (χ3n) is 1.66. The van der Waals surface area contributed by atoms with Crippen molar-refractivity contribution in [3.63, 3.8) is 0 Å². The van der Waals surface area contributed by atoms with Crippen LogP contribution in [0.4, 0.5) is 0 Å². The lowest BCUT2D eigenvalue weighted by Crippen LogP contribution is -1.90. The number of hydrogen-bond donors (Lipinski definition) is 1. The highest BCUT2D eigenvalue weighted by Crippen LogP contribution is 2.12. The van der Waals surface area contributed by atoms with Gasteiger partial charge in [-0.05, 0) is 23.8 Å². The molecule has 0 radical (unpaired) electrons. The molecule has 56 valence electrons. The van der Waals surface area contributed by atoms with Gasteiger partial charge in [-0.1, -0.05) is 17.0 Å². The van der Waals surface area contributed by atoms with Crippen molar-refractivity contribution in [1.82, 2.24) is 15.2 Å². The second kappa shape index (κ2) is 1.95. The first-order chi connectivity index (χ1) is 5.29. The lowest BCUT2D eigenvalue weighted by Gasteiger charge is -1.91. The predicted molar refractivity (Wildman–Crippen MR) is 39.4 cm³/mol. The number of fused-ring (bicyclic) bond motifs is 1. The van der Waals surface area contributed by atoms with Crippen molar-refractivity contribution < 1.29 is 5.21 Å². The summed E-state index contributed by atoms with van der Waals surface area (Å²) in [5.74, 6) is 0. The summed E-state index contributed by atoms with van der Waals surface area (Å²) >= 11 is 0. The van der Waals surface area contributed by atoms with E-state index in [1.807, 2.05) is 19.1 Å². The van der Waals surface area contributed by atoms with Gasteiger partial charge in [-0.2, -0.15) is 0 Å². The van der Waals surface area contributed by atoms with E-state index in [4.69, 9.17) is 5.21 Å². The van der Waals surface area contributed by atoms with Gasteiger partial charge < -0.3 is 5.21 Å². The predicted octanol–water partition coefficient (Wildman–Crippen LogP) is 0.977. The number of rotatable bonds is 0. The molecule has 0 aliphatic carbocycles. The Morgan fingerprint density at radius 1 is 1.45 bits per heavy atom. The third-order valence-corrected chi connectivity index (χ3v) is 1.66. The van der Waals surface area contributed by atoms with Gasteiger partial charge >= 0.3 is 0 Å². The van der Waals surface area contributed by atoms with Gasteiger partial charge in [-0.15, -0.1) is 5.10 Å². The smallest absolute Gasteiger partial charge is 0.130 e. The maximum absolute atomic E-state index is 9.08. The summed E-state index contributed by atoms with van der Waals surface area (Å²) in [7, 11) is 0. The Bertz CT molecular complexity index is 393. The lowest BCUT2D eigenvalue weighted by atomic mass is 10.2. The van der Waals surface area contributed by atoms with E-state index in [9.17, 15) is 0 Å². The highest BCUT2D eigenvalue weighted by molar-refractivity contribution is 5.77. The van der Waals surface area contributed by atoms with Crippen LogP contribution in [0, 0.1) is 6.92 Å². The first kappa shape index (κ1) is 6.15. The maximum atomic E-state index is 9.08. The fourth-order valence-electron chi connectivity index (χ4n) is 1.07. The first-order valence-electron chi connectivity index (χ1n) is 3.29. The van der Waals surface area contributed by atoms with E-state index >= 15 is 0 Å². The van der Waals surface area contributed by atoms with E-state index < -0.39 is 0 Å². The molecule has 2 rings (SSSR count). The minimum atomic E-state index is 0.644. The van der Waals surface area contributed by atoms with Crippen molar-refractivity contribution in [2.45, 2.75) is 6.92 Å². The van der Waals surface area contributed by atoms with Crippen LogP contribution in [-0.4, -0.2) is 20.4 Å². The van der Waals surface area contributed by atoms with E-state index in [2.05, 4.69) is 10.3 Å². The lowest BCUT2D eigenvalue weighted by molar-refractivity contribution is 0.155. The van der Waals surface area contributed by atoms with Crippen LogP contribution < -0.4 is 0 Å². The number of nitrogens with zero attached hydrogens (tertiary/aromatic N) is 3. The van der Waals surface area contributed by atoms with Crippen molar-refractivity contribution in [3.8, 4) is 0 Å². The SMILES string of the molecule is Cc1cccc2c1nnn2O. The molecule has 1 aromatic heterocycles. The van der Waals surface area contributed by atoms with Gasteiger partial charge in [0.1, 0.15) is 11.0 Å². The van der Waals surface area contributed by atoms with Gasteiger partial charge in [0, 0.05) is 0 Å². The average molecular weight is 149 g/mol. The molecule has 2 aromatic rings. The molecule has 4 heteroatoms. The zero-order chi connectivity index (χ0) is 7.84. The van der Waals surface area contributed by atoms with Gasteiger partial charge in [0.25, 0.3) is 0 Å². The molecule has 1 heterocycles. The molecule has 1 N–H and O–H groups in total. The van der Waals surface area contributed by atoms with Gasteiger partial charge in [-0.25, -0.2) is 0 Å². The molecule has 11 heavy (non-hydrogen) atoms. The molecule has 0 aliphatic heterocycles. The van der Waals surface area contributed by atoms with Crippen molar-refractivity contribution in [1.29, 1.82) is 0 Å². The minimum Gasteiger partial charge on any atom is -0.410 e. The molecule has 0 atom stereocenters. The molecular weight excluding hydrogens is 142 g/mol. The van der Waals surface area contributed by atoms with Crippen LogP contribution in [0.1, 0.15) is 5.56 Å². The number of benzene rings is 1. The molecule has 0 bridgehead atoms. The highest BCUT2D eigenvalue weighted by Gasteiger charge is 2.03. The zero-order valence-corrected chi connectivity index (χ0v) is 6.02. The Hall–Kier alpha value is -1.58. The van der Waals surface area contributed by atoms with Crippen LogP contribution in [0.2, 0.25) is 0 Å². The fourth-order valence-corrected chi connectivity index (χ4v) is 1.07. The van der Waals surface area contributed by atoms with Crippen LogP contribution in [0.15, 0.2) is 18.2 Å². The van der Waals surface area contributed by atoms with Crippen LogP contribution in [0.25, 0.3) is 11.0 Å². The first-order valence-corrected chi connectivity index (χ1v) is 3.29. The molecule has 0 spiro atoms. The second-order valence-corrected chi connectivity index (χ2v) is 2.42. The normalized spacial score (nSPS) is 10.6. The number of aryl methyl sites for hydroxylation is 1. The third kappa shape index (κ3) is 0.756. The molecule has 4 nitrogen and oxygen atoms in total. The molecule has 0 aliphatic rings. The Balaban J connectivity index is 2.94. The maximum Gasteiger partial charge on any atom is 0.130 e. The van der Waals surface area contributed by atoms with Gasteiger partial charge in [0.05, 0.1) is 0 Å². The van der Waals surface area contributed by atoms with Crippen molar-refractivity contribution in [3.05, 3.63) is 23.8 Å². The summed E-state index contributed by atoms with van der Waals surface area (Å²) < 4.78 is 0.